The van der Waals surface area contributed by atoms with Gasteiger partial charge >= 0.3 is 5.97 Å². The van der Waals surface area contributed by atoms with E-state index >= 15 is 0 Å². The molecule has 0 fully saturated rings. The van der Waals surface area contributed by atoms with Crippen LogP contribution < -0.4 is 4.72 Å². The lowest BCUT2D eigenvalue weighted by Crippen LogP contribution is -2.38. The molecule has 0 radical (unpaired) electrons. The molecule has 0 unspecified atom stereocenters. The number of carboxylic acid groups (broad SMARTS) is 1. The predicted molar refractivity (Wildman–Crippen MR) is 74.7 cm³/mol. The molecule has 10 heteroatoms. The van der Waals surface area contributed by atoms with Crippen LogP contribution in [0.15, 0.2) is 23.1 Å². The van der Waals surface area contributed by atoms with Crippen LogP contribution >= 0.6 is 11.6 Å². The average molecular weight is 337 g/mol. The average Bonchev–Trinajstić information content (AvgIpc) is 2.36. The summed E-state index contributed by atoms with van der Waals surface area (Å²) in [6.07, 6.45) is 0. The number of aliphatic carboxylic acids is 1. The van der Waals surface area contributed by atoms with E-state index in [4.69, 9.17) is 16.7 Å². The number of nitrogens with zero attached hydrogens (tertiary/aromatic N) is 1. The molecule has 0 saturated heterocycles. The summed E-state index contributed by atoms with van der Waals surface area (Å²) in [6, 6.07) is 2.98. The number of benzene rings is 1. The Morgan fingerprint density at radius 3 is 2.52 bits per heavy atom. The van der Waals surface area contributed by atoms with Crippen LogP contribution in [0.2, 0.25) is 5.02 Å². The second-order valence-corrected chi connectivity index (χ2v) is 7.03. The van der Waals surface area contributed by atoms with Crippen molar-refractivity contribution in [1.29, 1.82) is 0 Å². The van der Waals surface area contributed by atoms with Gasteiger partial charge < -0.3 is 5.11 Å². The van der Waals surface area contributed by atoms with E-state index in [-0.39, 0.29) is 11.6 Å². The molecule has 0 bridgehead atoms. The molecule has 0 aliphatic rings. The van der Waals surface area contributed by atoms with Gasteiger partial charge in [-0.3, -0.25) is 14.9 Å². The van der Waals surface area contributed by atoms with E-state index in [1.54, 1.807) is 0 Å². The van der Waals surface area contributed by atoms with E-state index in [1.807, 2.05) is 0 Å². The molecule has 0 heterocycles. The van der Waals surface area contributed by atoms with Gasteiger partial charge in [-0.2, -0.15) is 0 Å². The van der Waals surface area contributed by atoms with Crippen molar-refractivity contribution in [2.45, 2.75) is 18.7 Å². The Bertz CT molecular complexity index is 686. The highest BCUT2D eigenvalue weighted by Crippen LogP contribution is 2.26. The third-order valence-corrected chi connectivity index (χ3v) is 4.58. The van der Waals surface area contributed by atoms with Crippen molar-refractivity contribution in [3.05, 3.63) is 33.3 Å². The summed E-state index contributed by atoms with van der Waals surface area (Å²) in [5, 5.41) is 19.4. The summed E-state index contributed by atoms with van der Waals surface area (Å²) in [6.45, 7) is 2.30. The van der Waals surface area contributed by atoms with Gasteiger partial charge in [0.25, 0.3) is 5.69 Å². The van der Waals surface area contributed by atoms with Crippen LogP contribution in [-0.4, -0.2) is 31.0 Å². The summed E-state index contributed by atoms with van der Waals surface area (Å²) < 4.78 is 26.3. The number of nitro benzene ring substituents is 1. The fraction of sp³-hybridized carbons (Fsp3) is 0.364. The van der Waals surface area contributed by atoms with Gasteiger partial charge in [-0.05, 0) is 19.9 Å². The Hall–Kier alpha value is -1.71. The summed E-state index contributed by atoms with van der Waals surface area (Å²) >= 11 is 5.74. The molecule has 0 aromatic heterocycles. The van der Waals surface area contributed by atoms with Gasteiger partial charge in [0.1, 0.15) is 4.90 Å². The Labute approximate surface area is 125 Å². The number of carboxylic acids is 1. The summed E-state index contributed by atoms with van der Waals surface area (Å²) in [5.74, 6) is -1.18. The van der Waals surface area contributed by atoms with Crippen molar-refractivity contribution in [2.24, 2.45) is 5.41 Å². The van der Waals surface area contributed by atoms with Crippen molar-refractivity contribution in [2.75, 3.05) is 6.54 Å². The molecule has 0 saturated carbocycles. The lowest BCUT2D eigenvalue weighted by atomic mass is 9.95. The van der Waals surface area contributed by atoms with E-state index in [9.17, 15) is 23.3 Å². The van der Waals surface area contributed by atoms with Crippen LogP contribution in [0.4, 0.5) is 5.69 Å². The van der Waals surface area contributed by atoms with Crippen LogP contribution in [0.3, 0.4) is 0 Å². The van der Waals surface area contributed by atoms with E-state index in [2.05, 4.69) is 4.72 Å². The van der Waals surface area contributed by atoms with Crippen molar-refractivity contribution in [3.63, 3.8) is 0 Å². The van der Waals surface area contributed by atoms with E-state index in [0.717, 1.165) is 18.2 Å². The third kappa shape index (κ3) is 4.13. The highest BCUT2D eigenvalue weighted by Gasteiger charge is 2.30. The molecule has 1 rings (SSSR count). The van der Waals surface area contributed by atoms with Crippen LogP contribution in [0.5, 0.6) is 0 Å². The smallest absolute Gasteiger partial charge is 0.310 e. The first-order valence-corrected chi connectivity index (χ1v) is 7.50. The minimum Gasteiger partial charge on any atom is -0.481 e. The van der Waals surface area contributed by atoms with Gasteiger partial charge in [-0.1, -0.05) is 11.6 Å². The van der Waals surface area contributed by atoms with Gasteiger partial charge in [0.05, 0.1) is 15.4 Å². The lowest BCUT2D eigenvalue weighted by Gasteiger charge is -2.19. The Balaban J connectivity index is 3.11. The first kappa shape index (κ1) is 17.3. The largest absolute Gasteiger partial charge is 0.481 e. The second kappa shape index (κ2) is 5.96. The molecule has 0 atom stereocenters. The molecular formula is C11H13ClN2O6S. The number of rotatable bonds is 6. The molecule has 2 N–H and O–H groups in total. The fourth-order valence-corrected chi connectivity index (χ4v) is 2.97. The van der Waals surface area contributed by atoms with Gasteiger partial charge in [-0.25, -0.2) is 13.1 Å². The molecule has 0 aliphatic heterocycles. The molecule has 21 heavy (non-hydrogen) atoms. The minimum absolute atomic E-state index is 0.193. The van der Waals surface area contributed by atoms with Crippen LogP contribution in [0.1, 0.15) is 13.8 Å². The number of sulfonamides is 1. The fourth-order valence-electron chi connectivity index (χ4n) is 1.24. The van der Waals surface area contributed by atoms with Crippen molar-refractivity contribution in [3.8, 4) is 0 Å². The van der Waals surface area contributed by atoms with Crippen molar-refractivity contribution >= 4 is 33.3 Å². The number of hydrogen-bond donors (Lipinski definition) is 2. The maximum absolute atomic E-state index is 12.1. The highest BCUT2D eigenvalue weighted by atomic mass is 35.5. The third-order valence-electron chi connectivity index (χ3n) is 2.70. The van der Waals surface area contributed by atoms with Gasteiger partial charge in [0.2, 0.25) is 10.0 Å². The van der Waals surface area contributed by atoms with Crippen LogP contribution in [-0.2, 0) is 14.8 Å². The Morgan fingerprint density at radius 2 is 2.05 bits per heavy atom. The number of non-ortho nitro benzene ring substituents is 1. The number of hydrogen-bond acceptors (Lipinski definition) is 5. The quantitative estimate of drug-likeness (QED) is 0.600. The standard InChI is InChI=1S/C11H13ClN2O6S/c1-11(2,10(15)16)6-13-21(19,20)9-5-7(14(17)18)3-4-8(9)12/h3-5,13H,6H2,1-2H3,(H,15,16). The highest BCUT2D eigenvalue weighted by molar-refractivity contribution is 7.89. The zero-order valence-electron chi connectivity index (χ0n) is 11.2. The molecule has 0 amide bonds. The van der Waals surface area contributed by atoms with Gasteiger partial charge in [-0.15, -0.1) is 0 Å². The predicted octanol–water partition coefficient (Wildman–Crippen LogP) is 1.64. The number of nitrogens with one attached hydrogen (secondary N) is 1. The van der Waals surface area contributed by atoms with Gasteiger partial charge in [0.15, 0.2) is 0 Å². The molecule has 0 spiro atoms. The van der Waals surface area contributed by atoms with Crippen molar-refractivity contribution in [1.82, 2.24) is 4.72 Å². The van der Waals surface area contributed by atoms with E-state index in [0.29, 0.717) is 0 Å². The van der Waals surface area contributed by atoms with Gasteiger partial charge in [0, 0.05) is 18.7 Å². The molecular weight excluding hydrogens is 324 g/mol. The Morgan fingerprint density at radius 1 is 1.48 bits per heavy atom. The topological polar surface area (TPSA) is 127 Å². The van der Waals surface area contributed by atoms with E-state index < -0.39 is 36.9 Å². The number of halogens is 1. The number of nitro groups is 1. The number of carbonyl (C=O) groups is 1. The lowest BCUT2D eigenvalue weighted by molar-refractivity contribution is -0.385. The SMILES string of the molecule is CC(C)(CNS(=O)(=O)c1cc([N+](=O)[O-])ccc1Cl)C(=O)O. The zero-order valence-corrected chi connectivity index (χ0v) is 12.7. The van der Waals surface area contributed by atoms with Crippen molar-refractivity contribution < 1.29 is 23.2 Å². The molecule has 0 aliphatic carbocycles. The molecule has 8 nitrogen and oxygen atoms in total. The zero-order chi connectivity index (χ0) is 16.4. The summed E-state index contributed by atoms with van der Waals surface area (Å²) in [7, 11) is -4.16. The monoisotopic (exact) mass is 336 g/mol. The molecule has 1 aromatic carbocycles. The minimum atomic E-state index is -4.16. The van der Waals surface area contributed by atoms with E-state index in [1.165, 1.54) is 13.8 Å². The maximum atomic E-state index is 12.1. The first-order chi connectivity index (χ1) is 9.47. The molecule has 1 aromatic rings. The second-order valence-electron chi connectivity index (χ2n) is 4.89. The Kier molecular flexibility index (Phi) is 4.92. The van der Waals surface area contributed by atoms with Crippen LogP contribution in [0.25, 0.3) is 0 Å². The summed E-state index contributed by atoms with van der Waals surface area (Å²) in [5.41, 5.74) is -1.77. The first-order valence-electron chi connectivity index (χ1n) is 5.64. The molecule has 116 valence electrons. The normalized spacial score (nSPS) is 12.1. The van der Waals surface area contributed by atoms with Crippen LogP contribution in [0, 0.1) is 15.5 Å². The maximum Gasteiger partial charge on any atom is 0.310 e. The summed E-state index contributed by atoms with van der Waals surface area (Å²) in [4.78, 5) is 20.4.